The second kappa shape index (κ2) is 8.98. The molecule has 4 rings (SSSR count). The molecule has 0 bridgehead atoms. The number of ether oxygens (including phenoxy) is 5. The summed E-state index contributed by atoms with van der Waals surface area (Å²) in [6.07, 6.45) is 6.15. The minimum atomic E-state index is -0.749. The topological polar surface area (TPSA) is 83.5 Å². The van der Waals surface area contributed by atoms with Crippen molar-refractivity contribution in [2.75, 3.05) is 26.9 Å². The number of rotatable bonds is 6. The molecule has 0 aromatic heterocycles. The molecule has 2 heterocycles. The van der Waals surface area contributed by atoms with Gasteiger partial charge in [0.2, 0.25) is 0 Å². The summed E-state index contributed by atoms with van der Waals surface area (Å²) in [5.41, 5.74) is 1.54. The first-order valence-electron chi connectivity index (χ1n) is 10.6. The van der Waals surface area contributed by atoms with Crippen LogP contribution in [0.5, 0.6) is 11.5 Å². The van der Waals surface area contributed by atoms with Crippen LogP contribution in [0.4, 0.5) is 9.59 Å². The Labute approximate surface area is 187 Å². The molecule has 3 aliphatic rings. The van der Waals surface area contributed by atoms with Gasteiger partial charge in [-0.1, -0.05) is 37.5 Å². The first-order chi connectivity index (χ1) is 15.5. The third-order valence-corrected chi connectivity index (χ3v) is 6.09. The summed E-state index contributed by atoms with van der Waals surface area (Å²) in [5, 5.41) is 0. The Bertz CT molecular complexity index is 956. The van der Waals surface area contributed by atoms with Crippen LogP contribution in [-0.4, -0.2) is 56.2 Å². The normalized spacial score (nSPS) is 24.8. The van der Waals surface area contributed by atoms with Crippen LogP contribution < -0.4 is 9.47 Å². The van der Waals surface area contributed by atoms with Gasteiger partial charge in [-0.25, -0.2) is 9.59 Å². The van der Waals surface area contributed by atoms with Gasteiger partial charge >= 0.3 is 12.2 Å². The van der Waals surface area contributed by atoms with Crippen molar-refractivity contribution in [3.8, 4) is 11.5 Å². The minimum Gasteiger partial charge on any atom is -0.493 e. The van der Waals surface area contributed by atoms with E-state index < -0.39 is 17.7 Å². The Morgan fingerprint density at radius 2 is 2.03 bits per heavy atom. The second-order valence-electron chi connectivity index (χ2n) is 7.92. The van der Waals surface area contributed by atoms with Crippen LogP contribution >= 0.6 is 0 Å². The number of hydrogen-bond acceptors (Lipinski definition) is 7. The van der Waals surface area contributed by atoms with E-state index in [9.17, 15) is 9.59 Å². The summed E-state index contributed by atoms with van der Waals surface area (Å²) in [6, 6.07) is 3.81. The zero-order valence-corrected chi connectivity index (χ0v) is 18.1. The van der Waals surface area contributed by atoms with Gasteiger partial charge in [0, 0.05) is 25.1 Å². The average Bonchev–Trinajstić information content (AvgIpc) is 3.03. The van der Waals surface area contributed by atoms with Crippen molar-refractivity contribution in [1.29, 1.82) is 0 Å². The zero-order chi connectivity index (χ0) is 22.7. The van der Waals surface area contributed by atoms with Crippen molar-refractivity contribution in [3.05, 3.63) is 60.7 Å². The molecular formula is C24H27NO7. The molecule has 0 N–H and O–H groups in total. The Hall–Kier alpha value is -3.42. The number of carbonyl (C=O) groups excluding carboxylic acids is 2. The van der Waals surface area contributed by atoms with Crippen molar-refractivity contribution >= 4 is 12.2 Å². The number of methoxy groups -OCH3 is 1. The van der Waals surface area contributed by atoms with Crippen molar-refractivity contribution in [1.82, 2.24) is 4.90 Å². The van der Waals surface area contributed by atoms with Gasteiger partial charge in [-0.05, 0) is 24.1 Å². The maximum atomic E-state index is 12.6. The Morgan fingerprint density at radius 3 is 2.78 bits per heavy atom. The fourth-order valence-corrected chi connectivity index (χ4v) is 4.67. The average molecular weight is 441 g/mol. The molecule has 0 fully saturated rings. The highest BCUT2D eigenvalue weighted by Gasteiger charge is 2.53. The lowest BCUT2D eigenvalue weighted by Gasteiger charge is -2.36. The molecule has 8 nitrogen and oxygen atoms in total. The lowest BCUT2D eigenvalue weighted by molar-refractivity contribution is 0.0178. The third kappa shape index (κ3) is 3.81. The molecule has 170 valence electrons. The fourth-order valence-electron chi connectivity index (χ4n) is 4.67. The van der Waals surface area contributed by atoms with Crippen molar-refractivity contribution in [3.63, 3.8) is 0 Å². The molecule has 0 saturated carbocycles. The van der Waals surface area contributed by atoms with Crippen LogP contribution in [-0.2, 0) is 26.2 Å². The molecule has 2 aliphatic heterocycles. The molecule has 0 saturated heterocycles. The van der Waals surface area contributed by atoms with Gasteiger partial charge in [0.1, 0.15) is 25.4 Å². The Balaban J connectivity index is 1.64. The Morgan fingerprint density at radius 1 is 1.25 bits per heavy atom. The van der Waals surface area contributed by atoms with Crippen LogP contribution in [0.2, 0.25) is 0 Å². The first kappa shape index (κ1) is 21.8. The van der Waals surface area contributed by atoms with Gasteiger partial charge in [0.05, 0.1) is 12.5 Å². The van der Waals surface area contributed by atoms with E-state index >= 15 is 0 Å². The van der Waals surface area contributed by atoms with Gasteiger partial charge in [0.15, 0.2) is 11.5 Å². The lowest BCUT2D eigenvalue weighted by atomic mass is 9.69. The molecule has 2 unspecified atom stereocenters. The molecule has 1 aromatic rings. The van der Waals surface area contributed by atoms with E-state index in [4.69, 9.17) is 23.7 Å². The maximum absolute atomic E-state index is 12.6. The maximum Gasteiger partial charge on any atom is 0.509 e. The van der Waals surface area contributed by atoms with Gasteiger partial charge in [-0.3, -0.25) is 0 Å². The number of hydrogen-bond donors (Lipinski definition) is 0. The smallest absolute Gasteiger partial charge is 0.493 e. The van der Waals surface area contributed by atoms with Gasteiger partial charge in [-0.15, -0.1) is 0 Å². The van der Waals surface area contributed by atoms with Crippen molar-refractivity contribution in [2.45, 2.75) is 37.0 Å². The van der Waals surface area contributed by atoms with Gasteiger partial charge < -0.3 is 28.6 Å². The monoisotopic (exact) mass is 441 g/mol. The second-order valence-corrected chi connectivity index (χ2v) is 7.92. The highest BCUT2D eigenvalue weighted by molar-refractivity contribution is 5.69. The van der Waals surface area contributed by atoms with E-state index in [1.54, 1.807) is 18.1 Å². The largest absolute Gasteiger partial charge is 0.509 e. The highest BCUT2D eigenvalue weighted by Crippen LogP contribution is 2.56. The summed E-state index contributed by atoms with van der Waals surface area (Å²) >= 11 is 0. The molecule has 0 radical (unpaired) electrons. The number of amides is 1. The van der Waals surface area contributed by atoms with Gasteiger partial charge in [0.25, 0.3) is 0 Å². The molecule has 3 atom stereocenters. The van der Waals surface area contributed by atoms with Crippen molar-refractivity contribution in [2.24, 2.45) is 0 Å². The molecule has 1 spiro atoms. The van der Waals surface area contributed by atoms with Crippen molar-refractivity contribution < 1.29 is 33.3 Å². The quantitative estimate of drug-likeness (QED) is 0.489. The van der Waals surface area contributed by atoms with Crippen LogP contribution in [0.25, 0.3) is 0 Å². The number of carbonyl (C=O) groups is 2. The summed E-state index contributed by atoms with van der Waals surface area (Å²) < 4.78 is 27.6. The molecule has 1 aliphatic carbocycles. The fraction of sp³-hybridized carbons (Fsp3) is 0.417. The van der Waals surface area contributed by atoms with Gasteiger partial charge in [-0.2, -0.15) is 0 Å². The SMILES string of the molecule is C=CCOC(=O)OC1C=C[C@@]23CCN(C(=O)OCC=C)Cc4ccc(OC)c(c42)OC3C1. The predicted molar refractivity (Wildman–Crippen MR) is 116 cm³/mol. The number of nitrogens with zero attached hydrogens (tertiary/aromatic N) is 1. The molecular weight excluding hydrogens is 414 g/mol. The van der Waals surface area contributed by atoms with E-state index in [0.717, 1.165) is 11.1 Å². The number of benzene rings is 1. The molecule has 32 heavy (non-hydrogen) atoms. The highest BCUT2D eigenvalue weighted by atomic mass is 16.7. The van der Waals surface area contributed by atoms with E-state index in [-0.39, 0.29) is 25.4 Å². The zero-order valence-electron chi connectivity index (χ0n) is 18.1. The van der Waals surface area contributed by atoms with Crippen LogP contribution in [0.3, 0.4) is 0 Å². The molecule has 8 heteroatoms. The molecule has 1 aromatic carbocycles. The van der Waals surface area contributed by atoms with Crippen LogP contribution in [0.15, 0.2) is 49.6 Å². The summed E-state index contributed by atoms with van der Waals surface area (Å²) in [4.78, 5) is 26.2. The summed E-state index contributed by atoms with van der Waals surface area (Å²) in [6.45, 7) is 8.26. The van der Waals surface area contributed by atoms with E-state index in [1.807, 2.05) is 24.3 Å². The molecule has 1 amide bonds. The lowest BCUT2D eigenvalue weighted by Crippen LogP contribution is -2.44. The predicted octanol–water partition coefficient (Wildman–Crippen LogP) is 3.89. The Kier molecular flexibility index (Phi) is 6.12. The van der Waals surface area contributed by atoms with E-state index in [0.29, 0.717) is 37.4 Å². The van der Waals surface area contributed by atoms with E-state index in [1.165, 1.54) is 6.08 Å². The standard InChI is InChI=1S/C24H27NO7/c1-4-12-29-22(26)25-11-10-24-9-8-17(31-23(27)30-13-5-2)14-19(24)32-21-18(28-3)7-6-16(15-25)20(21)24/h4-9,17,19H,1-2,10-15H2,3H3/t17?,19?,24-/m0/s1. The third-order valence-electron chi connectivity index (χ3n) is 6.09. The van der Waals surface area contributed by atoms with Crippen LogP contribution in [0, 0.1) is 0 Å². The van der Waals surface area contributed by atoms with Crippen LogP contribution in [0.1, 0.15) is 24.0 Å². The first-order valence-corrected chi connectivity index (χ1v) is 10.6. The summed E-state index contributed by atoms with van der Waals surface area (Å²) in [7, 11) is 1.60. The summed E-state index contributed by atoms with van der Waals surface area (Å²) in [5.74, 6) is 1.31. The van der Waals surface area contributed by atoms with E-state index in [2.05, 4.69) is 13.2 Å². The minimum absolute atomic E-state index is 0.0862.